The van der Waals surface area contributed by atoms with Crippen molar-refractivity contribution in [1.82, 2.24) is 10.0 Å². The molecular formula is C16H14BrN3O4S2. The van der Waals surface area contributed by atoms with Gasteiger partial charge < -0.3 is 5.32 Å². The van der Waals surface area contributed by atoms with E-state index in [9.17, 15) is 18.0 Å². The summed E-state index contributed by atoms with van der Waals surface area (Å²) < 4.78 is 26.2. The molecule has 10 heteroatoms. The van der Waals surface area contributed by atoms with Gasteiger partial charge in [0.1, 0.15) is 0 Å². The van der Waals surface area contributed by atoms with Crippen LogP contribution in [0.25, 0.3) is 0 Å². The van der Waals surface area contributed by atoms with Crippen LogP contribution in [-0.2, 0) is 14.8 Å². The summed E-state index contributed by atoms with van der Waals surface area (Å²) in [6.45, 7) is 1.11. The first-order valence-corrected chi connectivity index (χ1v) is 9.88. The fraction of sp³-hybridized carbons (Fsp3) is 0.0625. The first kappa shape index (κ1) is 20.0. The van der Waals surface area contributed by atoms with Gasteiger partial charge >= 0.3 is 0 Å². The molecule has 0 saturated heterocycles. The van der Waals surface area contributed by atoms with E-state index in [2.05, 4.69) is 26.6 Å². The van der Waals surface area contributed by atoms with E-state index in [-0.39, 0.29) is 15.9 Å². The molecular weight excluding hydrogens is 442 g/mol. The van der Waals surface area contributed by atoms with Crippen molar-refractivity contribution in [1.29, 1.82) is 0 Å². The normalized spacial score (nSPS) is 10.7. The molecule has 0 saturated carbocycles. The highest BCUT2D eigenvalue weighted by atomic mass is 79.9. The third-order valence-electron chi connectivity index (χ3n) is 3.05. The van der Waals surface area contributed by atoms with Crippen LogP contribution in [0.1, 0.15) is 17.3 Å². The van der Waals surface area contributed by atoms with Gasteiger partial charge in [-0.05, 0) is 64.5 Å². The van der Waals surface area contributed by atoms with Crippen molar-refractivity contribution in [2.24, 2.45) is 0 Å². The number of benzene rings is 2. The predicted molar refractivity (Wildman–Crippen MR) is 105 cm³/mol. The van der Waals surface area contributed by atoms with Crippen LogP contribution in [0.15, 0.2) is 57.9 Å². The summed E-state index contributed by atoms with van der Waals surface area (Å²) in [7, 11) is -3.90. The van der Waals surface area contributed by atoms with Gasteiger partial charge in [-0.2, -0.15) is 0 Å². The van der Waals surface area contributed by atoms with Crippen molar-refractivity contribution in [2.45, 2.75) is 11.8 Å². The Morgan fingerprint density at radius 1 is 1.04 bits per heavy atom. The minimum Gasteiger partial charge on any atom is -0.332 e. The molecule has 136 valence electrons. The second-order valence-corrected chi connectivity index (χ2v) is 8.02. The summed E-state index contributed by atoms with van der Waals surface area (Å²) in [5.41, 5.74) is 0.901. The minimum atomic E-state index is -3.90. The molecule has 0 spiro atoms. The lowest BCUT2D eigenvalue weighted by molar-refractivity contribution is -0.117. The molecule has 2 aromatic rings. The van der Waals surface area contributed by atoms with Crippen LogP contribution in [0.5, 0.6) is 0 Å². The van der Waals surface area contributed by atoms with E-state index in [1.807, 2.05) is 4.72 Å². The minimum absolute atomic E-state index is 0.0585. The van der Waals surface area contributed by atoms with Crippen LogP contribution in [0.2, 0.25) is 0 Å². The first-order valence-electron chi connectivity index (χ1n) is 7.19. The largest absolute Gasteiger partial charge is 0.332 e. The Morgan fingerprint density at radius 3 is 2.23 bits per heavy atom. The highest BCUT2D eigenvalue weighted by Gasteiger charge is 2.15. The van der Waals surface area contributed by atoms with Crippen LogP contribution in [0.3, 0.4) is 0 Å². The zero-order valence-electron chi connectivity index (χ0n) is 13.4. The molecule has 0 atom stereocenters. The number of anilines is 1. The average Bonchev–Trinajstić information content (AvgIpc) is 2.54. The number of halogens is 1. The maximum Gasteiger partial charge on any atom is 0.264 e. The van der Waals surface area contributed by atoms with Crippen LogP contribution in [0.4, 0.5) is 5.69 Å². The Balaban J connectivity index is 2.03. The SMILES string of the molecule is CC(=O)NS(=O)(=O)c1ccc(NC(=S)NC(=O)c2ccccc2Br)cc1. The summed E-state index contributed by atoms with van der Waals surface area (Å²) in [6, 6.07) is 12.4. The summed E-state index contributed by atoms with van der Waals surface area (Å²) >= 11 is 8.37. The van der Waals surface area contributed by atoms with Crippen molar-refractivity contribution in [3.63, 3.8) is 0 Å². The Labute approximate surface area is 164 Å². The lowest BCUT2D eigenvalue weighted by atomic mass is 10.2. The van der Waals surface area contributed by atoms with Gasteiger partial charge in [0.25, 0.3) is 15.9 Å². The molecule has 0 fully saturated rings. The maximum atomic E-state index is 12.2. The number of carbonyl (C=O) groups is 2. The van der Waals surface area contributed by atoms with E-state index >= 15 is 0 Å². The molecule has 0 aliphatic rings. The smallest absolute Gasteiger partial charge is 0.264 e. The first-order chi connectivity index (χ1) is 12.2. The van der Waals surface area contributed by atoms with Gasteiger partial charge in [-0.3, -0.25) is 14.9 Å². The number of sulfonamides is 1. The monoisotopic (exact) mass is 455 g/mol. The number of thiocarbonyl (C=S) groups is 1. The average molecular weight is 456 g/mol. The summed E-state index contributed by atoms with van der Waals surface area (Å²) in [5.74, 6) is -1.07. The molecule has 26 heavy (non-hydrogen) atoms. The van der Waals surface area contributed by atoms with Gasteiger partial charge in [-0.15, -0.1) is 0 Å². The molecule has 0 aromatic heterocycles. The molecule has 0 heterocycles. The molecule has 0 radical (unpaired) electrons. The zero-order valence-corrected chi connectivity index (χ0v) is 16.7. The van der Waals surface area contributed by atoms with Crippen molar-refractivity contribution in [3.05, 3.63) is 58.6 Å². The molecule has 0 aliphatic heterocycles. The predicted octanol–water partition coefficient (Wildman–Crippen LogP) is 2.40. The highest BCUT2D eigenvalue weighted by molar-refractivity contribution is 9.10. The van der Waals surface area contributed by atoms with Gasteiger partial charge in [0.15, 0.2) is 5.11 Å². The summed E-state index contributed by atoms with van der Waals surface area (Å²) in [6.07, 6.45) is 0. The van der Waals surface area contributed by atoms with Crippen LogP contribution in [-0.4, -0.2) is 25.3 Å². The number of hydrogen-bond acceptors (Lipinski definition) is 5. The highest BCUT2D eigenvalue weighted by Crippen LogP contribution is 2.16. The van der Waals surface area contributed by atoms with E-state index in [0.29, 0.717) is 15.7 Å². The van der Waals surface area contributed by atoms with Crippen molar-refractivity contribution in [3.8, 4) is 0 Å². The molecule has 2 aromatic carbocycles. The van der Waals surface area contributed by atoms with E-state index in [0.717, 1.165) is 6.92 Å². The van der Waals surface area contributed by atoms with Crippen molar-refractivity contribution >= 4 is 60.8 Å². The molecule has 0 aliphatic carbocycles. The Morgan fingerprint density at radius 2 is 1.65 bits per heavy atom. The fourth-order valence-electron chi connectivity index (χ4n) is 1.94. The quantitative estimate of drug-likeness (QED) is 0.611. The van der Waals surface area contributed by atoms with Crippen molar-refractivity contribution < 1.29 is 18.0 Å². The van der Waals surface area contributed by atoms with E-state index < -0.39 is 15.9 Å². The molecule has 2 amide bonds. The van der Waals surface area contributed by atoms with Gasteiger partial charge in [0.05, 0.1) is 10.5 Å². The number of hydrogen-bond donors (Lipinski definition) is 3. The molecule has 3 N–H and O–H groups in total. The van der Waals surface area contributed by atoms with Crippen LogP contribution in [0, 0.1) is 0 Å². The molecule has 0 unspecified atom stereocenters. The molecule has 2 rings (SSSR count). The number of amides is 2. The second kappa shape index (κ2) is 8.39. The van der Waals surface area contributed by atoms with E-state index in [1.165, 1.54) is 24.3 Å². The topological polar surface area (TPSA) is 104 Å². The van der Waals surface area contributed by atoms with Crippen LogP contribution >= 0.6 is 28.1 Å². The third-order valence-corrected chi connectivity index (χ3v) is 5.39. The second-order valence-electron chi connectivity index (χ2n) is 5.07. The van der Waals surface area contributed by atoms with E-state index in [4.69, 9.17) is 12.2 Å². The van der Waals surface area contributed by atoms with Gasteiger partial charge in [0.2, 0.25) is 5.91 Å². The summed E-state index contributed by atoms with van der Waals surface area (Å²) in [4.78, 5) is 23.0. The Bertz CT molecular complexity index is 960. The fourth-order valence-corrected chi connectivity index (χ4v) is 3.61. The summed E-state index contributed by atoms with van der Waals surface area (Å²) in [5, 5.41) is 5.37. The zero-order chi connectivity index (χ0) is 19.3. The number of carbonyl (C=O) groups excluding carboxylic acids is 2. The van der Waals surface area contributed by atoms with Gasteiger partial charge in [-0.25, -0.2) is 13.1 Å². The van der Waals surface area contributed by atoms with Crippen molar-refractivity contribution in [2.75, 3.05) is 5.32 Å². The Hall–Kier alpha value is -2.30. The standard InChI is InChI=1S/C16H14BrN3O4S2/c1-10(21)20-26(23,24)12-8-6-11(7-9-12)18-16(25)19-15(22)13-4-2-3-5-14(13)17/h2-9H,1H3,(H,20,21)(H2,18,19,22,25). The molecule has 0 bridgehead atoms. The number of rotatable bonds is 4. The lowest BCUT2D eigenvalue weighted by Crippen LogP contribution is -2.34. The van der Waals surface area contributed by atoms with Crippen LogP contribution < -0.4 is 15.4 Å². The lowest BCUT2D eigenvalue weighted by Gasteiger charge is -2.11. The maximum absolute atomic E-state index is 12.2. The Kier molecular flexibility index (Phi) is 6.46. The van der Waals surface area contributed by atoms with Gasteiger partial charge in [-0.1, -0.05) is 12.1 Å². The van der Waals surface area contributed by atoms with Gasteiger partial charge in [0, 0.05) is 17.1 Å². The molecule has 7 nitrogen and oxygen atoms in total. The van der Waals surface area contributed by atoms with E-state index in [1.54, 1.807) is 24.3 Å². The number of nitrogens with one attached hydrogen (secondary N) is 3. The third kappa shape index (κ3) is 5.35.